The summed E-state index contributed by atoms with van der Waals surface area (Å²) in [5, 5.41) is 2.01. The van der Waals surface area contributed by atoms with Crippen molar-refractivity contribution in [2.75, 3.05) is 5.75 Å². The standard InChI is InChI=1S/C13H17Cl2NS/c14-10-4-3-5-11(15)9(10)8-12(16)13-6-1-2-7-17-13/h3-5,12-13H,1-2,6-8,16H2. The maximum absolute atomic E-state index is 6.28. The third kappa shape index (κ3) is 3.54. The van der Waals surface area contributed by atoms with Crippen LogP contribution in [0, 0.1) is 0 Å². The van der Waals surface area contributed by atoms with E-state index in [1.165, 1.54) is 25.0 Å². The highest BCUT2D eigenvalue weighted by molar-refractivity contribution is 8.00. The lowest BCUT2D eigenvalue weighted by atomic mass is 10.0. The zero-order valence-corrected chi connectivity index (χ0v) is 12.0. The van der Waals surface area contributed by atoms with Crippen LogP contribution in [0.1, 0.15) is 24.8 Å². The summed E-state index contributed by atoms with van der Waals surface area (Å²) in [5.74, 6) is 1.23. The number of thioether (sulfide) groups is 1. The summed E-state index contributed by atoms with van der Waals surface area (Å²) in [4.78, 5) is 0. The summed E-state index contributed by atoms with van der Waals surface area (Å²) in [5.41, 5.74) is 7.28. The highest BCUT2D eigenvalue weighted by Gasteiger charge is 2.22. The molecule has 1 fully saturated rings. The van der Waals surface area contributed by atoms with Gasteiger partial charge >= 0.3 is 0 Å². The summed E-state index contributed by atoms with van der Waals surface area (Å²) in [6.45, 7) is 0. The molecule has 1 aromatic carbocycles. The highest BCUT2D eigenvalue weighted by atomic mass is 35.5. The number of benzene rings is 1. The van der Waals surface area contributed by atoms with Crippen LogP contribution in [0.15, 0.2) is 18.2 Å². The van der Waals surface area contributed by atoms with Gasteiger partial charge in [-0.1, -0.05) is 35.7 Å². The lowest BCUT2D eigenvalue weighted by Crippen LogP contribution is -2.36. The second kappa shape index (κ2) is 6.33. The molecule has 94 valence electrons. The van der Waals surface area contributed by atoms with Crippen molar-refractivity contribution in [2.24, 2.45) is 5.73 Å². The molecular weight excluding hydrogens is 273 g/mol. The molecule has 17 heavy (non-hydrogen) atoms. The Kier molecular flexibility index (Phi) is 5.04. The van der Waals surface area contributed by atoms with E-state index in [-0.39, 0.29) is 6.04 Å². The quantitative estimate of drug-likeness (QED) is 0.905. The van der Waals surface area contributed by atoms with Gasteiger partial charge in [-0.15, -0.1) is 0 Å². The number of halogens is 2. The minimum Gasteiger partial charge on any atom is -0.326 e. The van der Waals surface area contributed by atoms with E-state index in [9.17, 15) is 0 Å². The lowest BCUT2D eigenvalue weighted by molar-refractivity contribution is 0.559. The summed E-state index contributed by atoms with van der Waals surface area (Å²) in [6, 6.07) is 5.78. The minimum atomic E-state index is 0.151. The number of hydrogen-bond acceptors (Lipinski definition) is 2. The van der Waals surface area contributed by atoms with Crippen molar-refractivity contribution in [3.05, 3.63) is 33.8 Å². The predicted octanol–water partition coefficient (Wildman–Crippen LogP) is 4.15. The first-order valence-corrected chi connectivity index (χ1v) is 7.79. The summed E-state index contributed by atoms with van der Waals surface area (Å²) in [7, 11) is 0. The van der Waals surface area contributed by atoms with Crippen LogP contribution in [0.3, 0.4) is 0 Å². The Morgan fingerprint density at radius 3 is 2.59 bits per heavy atom. The summed E-state index contributed by atoms with van der Waals surface area (Å²) >= 11 is 14.3. The van der Waals surface area contributed by atoms with Crippen molar-refractivity contribution in [1.29, 1.82) is 0 Å². The molecule has 0 spiro atoms. The molecule has 2 atom stereocenters. The molecule has 0 saturated carbocycles. The molecule has 1 saturated heterocycles. The number of nitrogens with two attached hydrogens (primary N) is 1. The van der Waals surface area contributed by atoms with Crippen LogP contribution >= 0.6 is 35.0 Å². The van der Waals surface area contributed by atoms with Gasteiger partial charge in [-0.2, -0.15) is 11.8 Å². The molecule has 2 unspecified atom stereocenters. The van der Waals surface area contributed by atoms with E-state index < -0.39 is 0 Å². The molecule has 1 aliphatic rings. The Morgan fingerprint density at radius 1 is 1.29 bits per heavy atom. The van der Waals surface area contributed by atoms with Crippen LogP contribution < -0.4 is 5.73 Å². The zero-order valence-electron chi connectivity index (χ0n) is 9.66. The first kappa shape index (κ1) is 13.5. The minimum absolute atomic E-state index is 0.151. The van der Waals surface area contributed by atoms with Crippen molar-refractivity contribution in [3.8, 4) is 0 Å². The highest BCUT2D eigenvalue weighted by Crippen LogP contribution is 2.31. The van der Waals surface area contributed by atoms with E-state index in [1.807, 2.05) is 30.0 Å². The molecule has 2 N–H and O–H groups in total. The largest absolute Gasteiger partial charge is 0.326 e. The summed E-state index contributed by atoms with van der Waals surface area (Å²) in [6.07, 6.45) is 4.60. The predicted molar refractivity (Wildman–Crippen MR) is 78.2 cm³/mol. The SMILES string of the molecule is NC(Cc1c(Cl)cccc1Cl)C1CCCCS1. The topological polar surface area (TPSA) is 26.0 Å². The van der Waals surface area contributed by atoms with Crippen molar-refractivity contribution >= 4 is 35.0 Å². The molecule has 0 radical (unpaired) electrons. The first-order valence-electron chi connectivity index (χ1n) is 5.98. The third-order valence-corrected chi connectivity index (χ3v) is 5.44. The summed E-state index contributed by atoms with van der Waals surface area (Å²) < 4.78 is 0. The van der Waals surface area contributed by atoms with E-state index in [0.717, 1.165) is 22.0 Å². The molecule has 1 aliphatic heterocycles. The maximum Gasteiger partial charge on any atom is 0.0453 e. The van der Waals surface area contributed by atoms with Crippen LogP contribution in [-0.2, 0) is 6.42 Å². The molecule has 0 aliphatic carbocycles. The van der Waals surface area contributed by atoms with Crippen molar-refractivity contribution < 1.29 is 0 Å². The fourth-order valence-electron chi connectivity index (χ4n) is 2.20. The molecule has 0 amide bonds. The second-order valence-electron chi connectivity index (χ2n) is 4.47. The Morgan fingerprint density at radius 2 is 2.00 bits per heavy atom. The van der Waals surface area contributed by atoms with E-state index in [1.54, 1.807) is 0 Å². The van der Waals surface area contributed by atoms with E-state index in [0.29, 0.717) is 5.25 Å². The van der Waals surface area contributed by atoms with Crippen molar-refractivity contribution in [3.63, 3.8) is 0 Å². The monoisotopic (exact) mass is 289 g/mol. The van der Waals surface area contributed by atoms with Crippen molar-refractivity contribution in [1.82, 2.24) is 0 Å². The van der Waals surface area contributed by atoms with Gasteiger partial charge in [-0.3, -0.25) is 0 Å². The molecule has 2 rings (SSSR count). The molecule has 0 bridgehead atoms. The third-order valence-electron chi connectivity index (χ3n) is 3.19. The molecular formula is C13H17Cl2NS. The van der Waals surface area contributed by atoms with Gasteiger partial charge in [0, 0.05) is 21.3 Å². The molecule has 1 heterocycles. The number of rotatable bonds is 3. The smallest absolute Gasteiger partial charge is 0.0453 e. The Labute approximate surface area is 117 Å². The van der Waals surface area contributed by atoms with Gasteiger partial charge in [0.05, 0.1) is 0 Å². The van der Waals surface area contributed by atoms with Crippen LogP contribution in [0.25, 0.3) is 0 Å². The second-order valence-corrected chi connectivity index (χ2v) is 6.63. The van der Waals surface area contributed by atoms with Crippen LogP contribution in [0.5, 0.6) is 0 Å². The number of hydrogen-bond donors (Lipinski definition) is 1. The van der Waals surface area contributed by atoms with Crippen LogP contribution in [0.4, 0.5) is 0 Å². The van der Waals surface area contributed by atoms with Gasteiger partial charge in [0.25, 0.3) is 0 Å². The Hall–Kier alpha value is 0.110. The van der Waals surface area contributed by atoms with Gasteiger partial charge in [0.2, 0.25) is 0 Å². The van der Waals surface area contributed by atoms with Crippen LogP contribution in [0.2, 0.25) is 10.0 Å². The zero-order chi connectivity index (χ0) is 12.3. The van der Waals surface area contributed by atoms with Gasteiger partial charge in [0.15, 0.2) is 0 Å². The van der Waals surface area contributed by atoms with E-state index in [4.69, 9.17) is 28.9 Å². The molecule has 1 aromatic rings. The Bertz CT molecular complexity index is 357. The molecule has 1 nitrogen and oxygen atoms in total. The normalized spacial score (nSPS) is 22.4. The first-order chi connectivity index (χ1) is 8.18. The van der Waals surface area contributed by atoms with Crippen LogP contribution in [-0.4, -0.2) is 17.0 Å². The lowest BCUT2D eigenvalue weighted by Gasteiger charge is -2.27. The van der Waals surface area contributed by atoms with Gasteiger partial charge in [-0.05, 0) is 42.7 Å². The fourth-order valence-corrected chi connectivity index (χ4v) is 4.10. The van der Waals surface area contributed by atoms with Gasteiger partial charge < -0.3 is 5.73 Å². The fraction of sp³-hybridized carbons (Fsp3) is 0.538. The van der Waals surface area contributed by atoms with E-state index >= 15 is 0 Å². The van der Waals surface area contributed by atoms with Gasteiger partial charge in [0.1, 0.15) is 0 Å². The molecule has 4 heteroatoms. The van der Waals surface area contributed by atoms with Gasteiger partial charge in [-0.25, -0.2) is 0 Å². The average molecular weight is 290 g/mol. The average Bonchev–Trinajstić information content (AvgIpc) is 2.35. The van der Waals surface area contributed by atoms with Crippen molar-refractivity contribution in [2.45, 2.75) is 37.0 Å². The Balaban J connectivity index is 2.04. The molecule has 0 aromatic heterocycles. The van der Waals surface area contributed by atoms with E-state index in [2.05, 4.69) is 0 Å². The maximum atomic E-state index is 6.28.